The molecule has 0 bridgehead atoms. The minimum Gasteiger partial charge on any atom is -0.497 e. The molecule has 2 N–H and O–H groups in total. The van der Waals surface area contributed by atoms with Gasteiger partial charge in [-0.05, 0) is 48.2 Å². The molecule has 0 spiro atoms. The van der Waals surface area contributed by atoms with Crippen molar-refractivity contribution in [1.29, 1.82) is 0 Å². The van der Waals surface area contributed by atoms with E-state index in [-0.39, 0.29) is 11.9 Å². The van der Waals surface area contributed by atoms with Gasteiger partial charge in [0.15, 0.2) is 0 Å². The Bertz CT molecular complexity index is 785. The number of aryl methyl sites for hydroxylation is 1. The number of benzene rings is 2. The zero-order valence-corrected chi connectivity index (χ0v) is 16.0. The second-order valence-electron chi connectivity index (χ2n) is 6.62. The lowest BCUT2D eigenvalue weighted by molar-refractivity contribution is -0.120. The molecule has 0 saturated carbocycles. The maximum absolute atomic E-state index is 11.6. The summed E-state index contributed by atoms with van der Waals surface area (Å²) in [5.41, 5.74) is 3.16. The highest BCUT2D eigenvalue weighted by molar-refractivity contribution is 5.83. The predicted molar refractivity (Wildman–Crippen MR) is 103 cm³/mol. The zero-order chi connectivity index (χ0) is 19.2. The van der Waals surface area contributed by atoms with E-state index in [1.165, 1.54) is 0 Å². The van der Waals surface area contributed by atoms with Crippen LogP contribution in [0.15, 0.2) is 36.4 Å². The van der Waals surface area contributed by atoms with Gasteiger partial charge in [0.25, 0.3) is 0 Å². The molecule has 1 amide bonds. The van der Waals surface area contributed by atoms with Crippen molar-refractivity contribution in [3.8, 4) is 17.2 Å². The molecule has 2 aromatic rings. The third-order valence-electron chi connectivity index (χ3n) is 4.65. The van der Waals surface area contributed by atoms with Crippen LogP contribution >= 0.6 is 0 Å². The fourth-order valence-electron chi connectivity index (χ4n) is 3.12. The van der Waals surface area contributed by atoms with E-state index in [1.807, 2.05) is 37.3 Å². The number of hydrogen-bond acceptors (Lipinski definition) is 5. The number of carbonyl (C=O) groups is 1. The van der Waals surface area contributed by atoms with Gasteiger partial charge in [0.1, 0.15) is 23.9 Å². The van der Waals surface area contributed by atoms with Crippen LogP contribution in [-0.4, -0.2) is 32.7 Å². The molecule has 1 atom stereocenters. The second kappa shape index (κ2) is 8.77. The lowest BCUT2D eigenvalue weighted by atomic mass is 10.1. The number of ether oxygens (including phenoxy) is 3. The lowest BCUT2D eigenvalue weighted by Gasteiger charge is -2.14. The zero-order valence-electron chi connectivity index (χ0n) is 16.0. The fraction of sp³-hybridized carbons (Fsp3) is 0.381. The van der Waals surface area contributed by atoms with Crippen molar-refractivity contribution in [2.45, 2.75) is 32.5 Å². The first kappa shape index (κ1) is 19.0. The van der Waals surface area contributed by atoms with Crippen LogP contribution in [0.4, 0.5) is 0 Å². The van der Waals surface area contributed by atoms with Crippen LogP contribution < -0.4 is 24.8 Å². The first-order chi connectivity index (χ1) is 13.1. The summed E-state index contributed by atoms with van der Waals surface area (Å²) < 4.78 is 16.6. The topological polar surface area (TPSA) is 68.8 Å². The van der Waals surface area contributed by atoms with Crippen LogP contribution in [0.1, 0.15) is 23.1 Å². The van der Waals surface area contributed by atoms with Crippen LogP contribution in [0.3, 0.4) is 0 Å². The monoisotopic (exact) mass is 370 g/mol. The van der Waals surface area contributed by atoms with E-state index in [1.54, 1.807) is 14.2 Å². The van der Waals surface area contributed by atoms with Crippen molar-refractivity contribution in [3.05, 3.63) is 53.1 Å². The van der Waals surface area contributed by atoms with Gasteiger partial charge in [-0.3, -0.25) is 4.79 Å². The molecule has 0 aromatic heterocycles. The Hall–Kier alpha value is -2.73. The van der Waals surface area contributed by atoms with Crippen LogP contribution in [0.5, 0.6) is 17.2 Å². The molecular weight excluding hydrogens is 344 g/mol. The van der Waals surface area contributed by atoms with Gasteiger partial charge in [-0.1, -0.05) is 12.1 Å². The Morgan fingerprint density at radius 1 is 1.07 bits per heavy atom. The lowest BCUT2D eigenvalue weighted by Crippen LogP contribution is -2.35. The highest BCUT2D eigenvalue weighted by Gasteiger charge is 2.22. The van der Waals surface area contributed by atoms with Crippen LogP contribution in [0.2, 0.25) is 0 Å². The van der Waals surface area contributed by atoms with E-state index < -0.39 is 0 Å². The van der Waals surface area contributed by atoms with E-state index in [0.717, 1.165) is 46.9 Å². The molecule has 27 heavy (non-hydrogen) atoms. The standard InChI is InChI=1S/C21H26N2O4/c1-14-8-15(12-23-19-6-7-22-21(19)24)4-5-20(14)27-13-16-9-17(25-2)11-18(10-16)26-3/h4-5,8-11,19,23H,6-7,12-13H2,1-3H3,(H,22,24). The average Bonchev–Trinajstić information content (AvgIpc) is 3.10. The Balaban J connectivity index is 1.60. The minimum absolute atomic E-state index is 0.0837. The summed E-state index contributed by atoms with van der Waals surface area (Å²) in [5, 5.41) is 6.13. The third kappa shape index (κ3) is 4.92. The Labute approximate surface area is 159 Å². The van der Waals surface area contributed by atoms with Gasteiger partial charge in [-0.2, -0.15) is 0 Å². The second-order valence-corrected chi connectivity index (χ2v) is 6.62. The summed E-state index contributed by atoms with van der Waals surface area (Å²) in [6, 6.07) is 11.7. The third-order valence-corrected chi connectivity index (χ3v) is 4.65. The van der Waals surface area contributed by atoms with Gasteiger partial charge in [0.2, 0.25) is 5.91 Å². The predicted octanol–water partition coefficient (Wildman–Crippen LogP) is 2.57. The summed E-state index contributed by atoms with van der Waals surface area (Å²) in [7, 11) is 3.26. The molecule has 2 aromatic carbocycles. The Morgan fingerprint density at radius 3 is 2.41 bits per heavy atom. The maximum atomic E-state index is 11.6. The number of methoxy groups -OCH3 is 2. The summed E-state index contributed by atoms with van der Waals surface area (Å²) in [4.78, 5) is 11.6. The quantitative estimate of drug-likeness (QED) is 0.748. The minimum atomic E-state index is -0.0933. The van der Waals surface area contributed by atoms with Crippen LogP contribution in [-0.2, 0) is 17.9 Å². The SMILES string of the molecule is COc1cc(COc2ccc(CNC3CCNC3=O)cc2C)cc(OC)c1. The van der Waals surface area contributed by atoms with Crippen LogP contribution in [0.25, 0.3) is 0 Å². The Morgan fingerprint density at radius 2 is 1.81 bits per heavy atom. The molecule has 3 rings (SSSR count). The van der Waals surface area contributed by atoms with Gasteiger partial charge in [0, 0.05) is 19.2 Å². The van der Waals surface area contributed by atoms with Crippen molar-refractivity contribution < 1.29 is 19.0 Å². The van der Waals surface area contributed by atoms with Gasteiger partial charge < -0.3 is 24.8 Å². The molecule has 1 aliphatic rings. The van der Waals surface area contributed by atoms with E-state index >= 15 is 0 Å². The van der Waals surface area contributed by atoms with Gasteiger partial charge >= 0.3 is 0 Å². The van der Waals surface area contributed by atoms with Crippen molar-refractivity contribution >= 4 is 5.91 Å². The molecule has 144 valence electrons. The molecule has 1 aliphatic heterocycles. The molecule has 1 saturated heterocycles. The van der Waals surface area contributed by atoms with E-state index in [2.05, 4.69) is 16.7 Å². The average molecular weight is 370 g/mol. The molecule has 0 aliphatic carbocycles. The van der Waals surface area contributed by atoms with E-state index in [0.29, 0.717) is 13.2 Å². The molecule has 0 radical (unpaired) electrons. The largest absolute Gasteiger partial charge is 0.497 e. The van der Waals surface area contributed by atoms with Crippen molar-refractivity contribution in [2.75, 3.05) is 20.8 Å². The molecular formula is C21H26N2O4. The van der Waals surface area contributed by atoms with Crippen molar-refractivity contribution in [1.82, 2.24) is 10.6 Å². The van der Waals surface area contributed by atoms with E-state index in [4.69, 9.17) is 14.2 Å². The van der Waals surface area contributed by atoms with Crippen LogP contribution in [0, 0.1) is 6.92 Å². The molecule has 1 unspecified atom stereocenters. The molecule has 1 fully saturated rings. The maximum Gasteiger partial charge on any atom is 0.237 e. The van der Waals surface area contributed by atoms with Gasteiger partial charge in [-0.15, -0.1) is 0 Å². The smallest absolute Gasteiger partial charge is 0.237 e. The van der Waals surface area contributed by atoms with Gasteiger partial charge in [0.05, 0.1) is 20.3 Å². The number of rotatable bonds is 8. The molecule has 6 nitrogen and oxygen atoms in total. The van der Waals surface area contributed by atoms with Crippen molar-refractivity contribution in [2.24, 2.45) is 0 Å². The summed E-state index contributed by atoms with van der Waals surface area (Å²) in [6.07, 6.45) is 0.836. The molecule has 6 heteroatoms. The van der Waals surface area contributed by atoms with Crippen molar-refractivity contribution in [3.63, 3.8) is 0 Å². The highest BCUT2D eigenvalue weighted by atomic mass is 16.5. The van der Waals surface area contributed by atoms with E-state index in [9.17, 15) is 4.79 Å². The normalized spacial score (nSPS) is 16.1. The highest BCUT2D eigenvalue weighted by Crippen LogP contribution is 2.25. The molecule has 1 heterocycles. The van der Waals surface area contributed by atoms with Gasteiger partial charge in [-0.25, -0.2) is 0 Å². The fourth-order valence-corrected chi connectivity index (χ4v) is 3.12. The number of hydrogen-bond donors (Lipinski definition) is 2. The first-order valence-electron chi connectivity index (χ1n) is 9.04. The summed E-state index contributed by atoms with van der Waals surface area (Å²) >= 11 is 0. The Kier molecular flexibility index (Phi) is 6.19. The number of carbonyl (C=O) groups excluding carboxylic acids is 1. The number of amides is 1. The first-order valence-corrected chi connectivity index (χ1v) is 9.04. The summed E-state index contributed by atoms with van der Waals surface area (Å²) in [5.74, 6) is 2.39. The number of nitrogens with one attached hydrogen (secondary N) is 2. The summed E-state index contributed by atoms with van der Waals surface area (Å²) in [6.45, 7) is 3.85.